The second-order valence-corrected chi connectivity index (χ2v) is 7.05. The third-order valence-corrected chi connectivity index (χ3v) is 4.52. The number of hydrogen-bond acceptors (Lipinski definition) is 3. The first-order chi connectivity index (χ1) is 11.4. The molecule has 1 aromatic rings. The Morgan fingerprint density at radius 3 is 2.62 bits per heavy atom. The molecular weight excluding hydrogens is 304 g/mol. The van der Waals surface area contributed by atoms with Crippen molar-refractivity contribution in [2.45, 2.75) is 58.5 Å². The van der Waals surface area contributed by atoms with Crippen molar-refractivity contribution in [2.24, 2.45) is 5.92 Å². The Morgan fingerprint density at radius 2 is 1.96 bits per heavy atom. The molecule has 24 heavy (non-hydrogen) atoms. The van der Waals surface area contributed by atoms with E-state index in [9.17, 15) is 14.7 Å². The van der Waals surface area contributed by atoms with Gasteiger partial charge in [0.05, 0.1) is 5.56 Å². The number of phenols is 1. The lowest BCUT2D eigenvalue weighted by molar-refractivity contribution is -0.125. The summed E-state index contributed by atoms with van der Waals surface area (Å²) in [6, 6.07) is 6.13. The monoisotopic (exact) mass is 332 g/mol. The summed E-state index contributed by atoms with van der Waals surface area (Å²) < 4.78 is 0. The van der Waals surface area contributed by atoms with Crippen molar-refractivity contribution in [3.63, 3.8) is 0 Å². The zero-order valence-electron chi connectivity index (χ0n) is 14.8. The fourth-order valence-corrected chi connectivity index (χ4v) is 3.09. The van der Waals surface area contributed by atoms with Crippen LogP contribution in [0.4, 0.5) is 0 Å². The van der Waals surface area contributed by atoms with E-state index in [1.807, 2.05) is 6.92 Å². The van der Waals surface area contributed by atoms with Crippen LogP contribution in [0.15, 0.2) is 24.3 Å². The number of para-hydroxylation sites is 1. The molecule has 5 heteroatoms. The molecule has 1 heterocycles. The normalized spacial score (nSPS) is 18.7. The number of nitrogens with zero attached hydrogens (tertiary/aromatic N) is 1. The summed E-state index contributed by atoms with van der Waals surface area (Å²) in [5, 5.41) is 12.9. The number of aromatic hydroxyl groups is 1. The summed E-state index contributed by atoms with van der Waals surface area (Å²) in [7, 11) is 0. The molecule has 2 rings (SSSR count). The maximum atomic E-state index is 12.7. The zero-order chi connectivity index (χ0) is 17.7. The van der Waals surface area contributed by atoms with E-state index in [-0.39, 0.29) is 29.2 Å². The molecule has 1 aliphatic rings. The van der Waals surface area contributed by atoms with Gasteiger partial charge in [-0.25, -0.2) is 0 Å². The second-order valence-electron chi connectivity index (χ2n) is 7.05. The van der Waals surface area contributed by atoms with E-state index in [1.54, 1.807) is 23.1 Å². The van der Waals surface area contributed by atoms with Crippen molar-refractivity contribution in [1.82, 2.24) is 10.2 Å². The van der Waals surface area contributed by atoms with Gasteiger partial charge in [0.25, 0.3) is 5.91 Å². The molecule has 132 valence electrons. The van der Waals surface area contributed by atoms with Crippen LogP contribution in [0.5, 0.6) is 5.75 Å². The van der Waals surface area contributed by atoms with Gasteiger partial charge in [0.1, 0.15) is 11.8 Å². The first kappa shape index (κ1) is 18.3. The number of hydrogen-bond donors (Lipinski definition) is 2. The minimum absolute atomic E-state index is 0.0427. The van der Waals surface area contributed by atoms with E-state index in [0.29, 0.717) is 18.9 Å². The molecule has 2 amide bonds. The SMILES string of the molecule is CC(C)CCC(C)NC(=O)C1CCCN1C(=O)c1ccccc1O. The van der Waals surface area contributed by atoms with Gasteiger partial charge in [-0.1, -0.05) is 26.0 Å². The van der Waals surface area contributed by atoms with Gasteiger partial charge >= 0.3 is 0 Å². The fraction of sp³-hybridized carbons (Fsp3) is 0.579. The second kappa shape index (κ2) is 8.18. The molecule has 1 fully saturated rings. The van der Waals surface area contributed by atoms with Gasteiger partial charge in [-0.05, 0) is 50.7 Å². The number of phenolic OH excluding ortho intramolecular Hbond substituents is 1. The molecule has 1 saturated heterocycles. The van der Waals surface area contributed by atoms with Gasteiger partial charge in [-0.15, -0.1) is 0 Å². The maximum Gasteiger partial charge on any atom is 0.258 e. The number of likely N-dealkylation sites (tertiary alicyclic amines) is 1. The number of nitrogens with one attached hydrogen (secondary N) is 1. The number of carbonyl (C=O) groups is 2. The van der Waals surface area contributed by atoms with Crippen molar-refractivity contribution in [2.75, 3.05) is 6.54 Å². The standard InChI is InChI=1S/C19H28N2O3/c1-13(2)10-11-14(3)20-18(23)16-8-6-12-21(16)19(24)15-7-4-5-9-17(15)22/h4-5,7,9,13-14,16,22H,6,8,10-12H2,1-3H3,(H,20,23). The van der Waals surface area contributed by atoms with Gasteiger partial charge in [0.15, 0.2) is 0 Å². The van der Waals surface area contributed by atoms with Crippen LogP contribution in [-0.4, -0.2) is 40.4 Å². The highest BCUT2D eigenvalue weighted by Gasteiger charge is 2.35. The van der Waals surface area contributed by atoms with Gasteiger partial charge < -0.3 is 15.3 Å². The van der Waals surface area contributed by atoms with Crippen molar-refractivity contribution in [3.8, 4) is 5.75 Å². The lowest BCUT2D eigenvalue weighted by Crippen LogP contribution is -2.48. The van der Waals surface area contributed by atoms with E-state index in [2.05, 4.69) is 19.2 Å². The van der Waals surface area contributed by atoms with E-state index in [1.165, 1.54) is 6.07 Å². The van der Waals surface area contributed by atoms with Crippen LogP contribution < -0.4 is 5.32 Å². The van der Waals surface area contributed by atoms with Crippen molar-refractivity contribution >= 4 is 11.8 Å². The fourth-order valence-electron chi connectivity index (χ4n) is 3.09. The van der Waals surface area contributed by atoms with E-state index in [4.69, 9.17) is 0 Å². The van der Waals surface area contributed by atoms with Gasteiger partial charge in [-0.3, -0.25) is 9.59 Å². The minimum atomic E-state index is -0.446. The molecule has 0 aromatic heterocycles. The summed E-state index contributed by atoms with van der Waals surface area (Å²) in [5.41, 5.74) is 0.255. The van der Waals surface area contributed by atoms with Crippen LogP contribution in [0, 0.1) is 5.92 Å². The summed E-state index contributed by atoms with van der Waals surface area (Å²) in [6.45, 7) is 6.88. The van der Waals surface area contributed by atoms with Crippen LogP contribution in [0.2, 0.25) is 0 Å². The number of amides is 2. The van der Waals surface area contributed by atoms with Gasteiger partial charge in [0, 0.05) is 12.6 Å². The van der Waals surface area contributed by atoms with E-state index >= 15 is 0 Å². The highest BCUT2D eigenvalue weighted by atomic mass is 16.3. The molecule has 2 N–H and O–H groups in total. The zero-order valence-corrected chi connectivity index (χ0v) is 14.8. The molecule has 0 saturated carbocycles. The first-order valence-electron chi connectivity index (χ1n) is 8.79. The highest BCUT2D eigenvalue weighted by molar-refractivity contribution is 5.99. The van der Waals surface area contributed by atoms with Gasteiger partial charge in [-0.2, -0.15) is 0 Å². The minimum Gasteiger partial charge on any atom is -0.507 e. The highest BCUT2D eigenvalue weighted by Crippen LogP contribution is 2.24. The quantitative estimate of drug-likeness (QED) is 0.841. The average Bonchev–Trinajstić information content (AvgIpc) is 3.02. The maximum absolute atomic E-state index is 12.7. The lowest BCUT2D eigenvalue weighted by atomic mass is 10.0. The Morgan fingerprint density at radius 1 is 1.25 bits per heavy atom. The van der Waals surface area contributed by atoms with Gasteiger partial charge in [0.2, 0.25) is 5.91 Å². The van der Waals surface area contributed by atoms with Crippen LogP contribution in [0.25, 0.3) is 0 Å². The molecule has 0 radical (unpaired) electrons. The molecule has 0 aliphatic carbocycles. The number of benzene rings is 1. The summed E-state index contributed by atoms with van der Waals surface area (Å²) in [5.74, 6) is 0.196. The predicted octanol–water partition coefficient (Wildman–Crippen LogP) is 2.94. The molecule has 2 atom stereocenters. The smallest absolute Gasteiger partial charge is 0.258 e. The Kier molecular flexibility index (Phi) is 6.23. The van der Waals surface area contributed by atoms with Crippen molar-refractivity contribution in [1.29, 1.82) is 0 Å². The number of rotatable bonds is 6. The lowest BCUT2D eigenvalue weighted by Gasteiger charge is -2.26. The molecule has 0 spiro atoms. The van der Waals surface area contributed by atoms with Crippen LogP contribution in [0.1, 0.15) is 56.8 Å². The largest absolute Gasteiger partial charge is 0.507 e. The molecule has 0 bridgehead atoms. The molecule has 2 unspecified atom stereocenters. The van der Waals surface area contributed by atoms with Crippen LogP contribution >= 0.6 is 0 Å². The van der Waals surface area contributed by atoms with Crippen LogP contribution in [-0.2, 0) is 4.79 Å². The average molecular weight is 332 g/mol. The summed E-state index contributed by atoms with van der Waals surface area (Å²) >= 11 is 0. The number of carbonyl (C=O) groups excluding carboxylic acids is 2. The Bertz CT molecular complexity index is 586. The van der Waals surface area contributed by atoms with Crippen molar-refractivity contribution in [3.05, 3.63) is 29.8 Å². The van der Waals surface area contributed by atoms with E-state index < -0.39 is 6.04 Å². The van der Waals surface area contributed by atoms with E-state index in [0.717, 1.165) is 19.3 Å². The molecule has 1 aromatic carbocycles. The predicted molar refractivity (Wildman–Crippen MR) is 93.8 cm³/mol. The summed E-state index contributed by atoms with van der Waals surface area (Å²) in [6.07, 6.45) is 3.47. The summed E-state index contributed by atoms with van der Waals surface area (Å²) in [4.78, 5) is 26.8. The molecule has 5 nitrogen and oxygen atoms in total. The molecule has 1 aliphatic heterocycles. The first-order valence-corrected chi connectivity index (χ1v) is 8.79. The topological polar surface area (TPSA) is 69.6 Å². The third kappa shape index (κ3) is 4.49. The Balaban J connectivity index is 2.00. The van der Waals surface area contributed by atoms with Crippen LogP contribution in [0.3, 0.4) is 0 Å². The Labute approximate surface area is 144 Å². The molecular formula is C19H28N2O3. The Hall–Kier alpha value is -2.04. The van der Waals surface area contributed by atoms with Crippen molar-refractivity contribution < 1.29 is 14.7 Å². The third-order valence-electron chi connectivity index (χ3n) is 4.52.